The average molecular weight is 340 g/mol. The van der Waals surface area contributed by atoms with Gasteiger partial charge in [0, 0.05) is 17.1 Å². The van der Waals surface area contributed by atoms with Gasteiger partial charge in [0.1, 0.15) is 0 Å². The van der Waals surface area contributed by atoms with Crippen molar-refractivity contribution in [2.75, 3.05) is 5.32 Å². The molecule has 5 rings (SSSR count). The topological polar surface area (TPSA) is 53.6 Å². The Kier molecular flexibility index (Phi) is 3.67. The molecule has 4 aromatic rings. The molecule has 1 aliphatic rings. The number of aryl methyl sites for hydroxylation is 1. The second kappa shape index (κ2) is 6.30. The number of hydrogen-bond acceptors (Lipinski definition) is 3. The number of fused-ring (bicyclic) bond motifs is 2. The molecule has 0 saturated carbocycles. The van der Waals surface area contributed by atoms with E-state index in [4.69, 9.17) is 4.98 Å². The minimum Gasteiger partial charge on any atom is -0.338 e. The average Bonchev–Trinajstić information content (AvgIpc) is 3.17. The number of nitrogens with one attached hydrogen (secondary N) is 2. The van der Waals surface area contributed by atoms with E-state index < -0.39 is 0 Å². The van der Waals surface area contributed by atoms with Crippen LogP contribution in [-0.2, 0) is 12.8 Å². The lowest BCUT2D eigenvalue weighted by atomic mass is 9.92. The number of hydrogen-bond donors (Lipinski definition) is 2. The molecule has 0 spiro atoms. The molecule has 0 atom stereocenters. The SMILES string of the molecule is c1ccc(-c2cc(Nc3c4c(nc5ccccc35)CCCC4)n[nH]2)cc1. The van der Waals surface area contributed by atoms with Crippen LogP contribution in [-0.4, -0.2) is 15.2 Å². The Balaban J connectivity index is 1.58. The lowest BCUT2D eigenvalue weighted by Crippen LogP contribution is -2.09. The highest BCUT2D eigenvalue weighted by molar-refractivity contribution is 5.95. The van der Waals surface area contributed by atoms with Gasteiger partial charge < -0.3 is 5.32 Å². The van der Waals surface area contributed by atoms with Gasteiger partial charge in [-0.15, -0.1) is 0 Å². The number of anilines is 2. The van der Waals surface area contributed by atoms with Crippen molar-refractivity contribution in [1.82, 2.24) is 15.2 Å². The normalized spacial score (nSPS) is 13.5. The Hall–Kier alpha value is -3.14. The van der Waals surface area contributed by atoms with Crippen molar-refractivity contribution in [3.05, 3.63) is 71.9 Å². The second-order valence-corrected chi connectivity index (χ2v) is 6.79. The van der Waals surface area contributed by atoms with E-state index in [1.165, 1.54) is 24.1 Å². The van der Waals surface area contributed by atoms with Crippen LogP contribution in [0.25, 0.3) is 22.2 Å². The van der Waals surface area contributed by atoms with E-state index in [1.54, 1.807) is 0 Å². The third-order valence-corrected chi connectivity index (χ3v) is 5.09. The summed E-state index contributed by atoms with van der Waals surface area (Å²) < 4.78 is 0. The van der Waals surface area contributed by atoms with E-state index in [-0.39, 0.29) is 0 Å². The van der Waals surface area contributed by atoms with Crippen LogP contribution < -0.4 is 5.32 Å². The summed E-state index contributed by atoms with van der Waals surface area (Å²) in [4.78, 5) is 4.90. The molecule has 1 aliphatic carbocycles. The first-order valence-corrected chi connectivity index (χ1v) is 9.17. The molecule has 4 heteroatoms. The zero-order valence-corrected chi connectivity index (χ0v) is 14.5. The summed E-state index contributed by atoms with van der Waals surface area (Å²) >= 11 is 0. The van der Waals surface area contributed by atoms with Crippen LogP contribution >= 0.6 is 0 Å². The molecule has 2 aromatic carbocycles. The molecule has 2 aromatic heterocycles. The monoisotopic (exact) mass is 340 g/mol. The van der Waals surface area contributed by atoms with Gasteiger partial charge in [0.25, 0.3) is 0 Å². The van der Waals surface area contributed by atoms with Gasteiger partial charge in [-0.3, -0.25) is 10.1 Å². The number of benzene rings is 2. The van der Waals surface area contributed by atoms with Crippen LogP contribution in [0.3, 0.4) is 0 Å². The molecule has 0 amide bonds. The van der Waals surface area contributed by atoms with Crippen molar-refractivity contribution in [3.8, 4) is 11.3 Å². The Morgan fingerprint density at radius 3 is 2.62 bits per heavy atom. The Labute approximate surface area is 152 Å². The first-order chi connectivity index (χ1) is 12.9. The fourth-order valence-electron chi connectivity index (χ4n) is 3.79. The number of para-hydroxylation sites is 1. The van der Waals surface area contributed by atoms with Gasteiger partial charge >= 0.3 is 0 Å². The molecule has 0 fully saturated rings. The zero-order chi connectivity index (χ0) is 17.3. The van der Waals surface area contributed by atoms with Crippen molar-refractivity contribution in [2.24, 2.45) is 0 Å². The number of aromatic amines is 1. The van der Waals surface area contributed by atoms with Gasteiger partial charge in [0.05, 0.1) is 16.9 Å². The number of nitrogens with zero attached hydrogens (tertiary/aromatic N) is 2. The van der Waals surface area contributed by atoms with Gasteiger partial charge in [0.2, 0.25) is 0 Å². The Bertz CT molecular complexity index is 1070. The summed E-state index contributed by atoms with van der Waals surface area (Å²) in [6, 6.07) is 20.7. The van der Waals surface area contributed by atoms with Crippen LogP contribution in [0.1, 0.15) is 24.1 Å². The highest BCUT2D eigenvalue weighted by Gasteiger charge is 2.18. The molecular formula is C22H20N4. The molecule has 0 aliphatic heterocycles. The van der Waals surface area contributed by atoms with Crippen molar-refractivity contribution in [3.63, 3.8) is 0 Å². The molecule has 0 radical (unpaired) electrons. The first-order valence-electron chi connectivity index (χ1n) is 9.17. The van der Waals surface area contributed by atoms with Crippen molar-refractivity contribution < 1.29 is 0 Å². The summed E-state index contributed by atoms with van der Waals surface area (Å²) in [5.41, 5.74) is 6.94. The number of rotatable bonds is 3. The molecule has 0 saturated heterocycles. The minimum absolute atomic E-state index is 0.841. The summed E-state index contributed by atoms with van der Waals surface area (Å²) in [5, 5.41) is 12.4. The first kappa shape index (κ1) is 15.1. The number of pyridine rings is 1. The predicted molar refractivity (Wildman–Crippen MR) is 106 cm³/mol. The molecule has 2 N–H and O–H groups in total. The molecule has 0 unspecified atom stereocenters. The standard InChI is InChI=1S/C22H20N4/c1-2-8-15(9-3-1)20-14-21(26-25-20)24-22-16-10-4-6-12-18(16)23-19-13-7-5-11-17(19)22/h1-4,6,8-10,12,14H,5,7,11,13H2,(H2,23,24,25,26). The second-order valence-electron chi connectivity index (χ2n) is 6.79. The highest BCUT2D eigenvalue weighted by atomic mass is 15.2. The van der Waals surface area contributed by atoms with Crippen molar-refractivity contribution >= 4 is 22.4 Å². The fourth-order valence-corrected chi connectivity index (χ4v) is 3.79. The maximum absolute atomic E-state index is 4.90. The maximum Gasteiger partial charge on any atom is 0.152 e. The summed E-state index contributed by atoms with van der Waals surface area (Å²) in [6.45, 7) is 0. The van der Waals surface area contributed by atoms with Gasteiger partial charge in [0.15, 0.2) is 5.82 Å². The molecular weight excluding hydrogens is 320 g/mol. The highest BCUT2D eigenvalue weighted by Crippen LogP contribution is 2.35. The largest absolute Gasteiger partial charge is 0.338 e. The Morgan fingerprint density at radius 2 is 1.69 bits per heavy atom. The molecule has 2 heterocycles. The van der Waals surface area contributed by atoms with Crippen molar-refractivity contribution in [1.29, 1.82) is 0 Å². The Morgan fingerprint density at radius 1 is 0.885 bits per heavy atom. The minimum atomic E-state index is 0.841. The van der Waals surface area contributed by atoms with E-state index >= 15 is 0 Å². The molecule has 0 bridgehead atoms. The van der Waals surface area contributed by atoms with Gasteiger partial charge in [-0.25, -0.2) is 0 Å². The fraction of sp³-hybridized carbons (Fsp3) is 0.182. The van der Waals surface area contributed by atoms with E-state index in [0.29, 0.717) is 0 Å². The molecule has 4 nitrogen and oxygen atoms in total. The van der Waals surface area contributed by atoms with Gasteiger partial charge in [-0.05, 0) is 42.9 Å². The van der Waals surface area contributed by atoms with Crippen LogP contribution in [0.4, 0.5) is 11.5 Å². The van der Waals surface area contributed by atoms with E-state index in [0.717, 1.165) is 46.5 Å². The van der Waals surface area contributed by atoms with Gasteiger partial charge in [-0.1, -0.05) is 48.5 Å². The lowest BCUT2D eigenvalue weighted by molar-refractivity contribution is 0.672. The number of H-pyrrole nitrogens is 1. The van der Waals surface area contributed by atoms with Crippen LogP contribution in [0.15, 0.2) is 60.7 Å². The lowest BCUT2D eigenvalue weighted by Gasteiger charge is -2.21. The predicted octanol–water partition coefficient (Wildman–Crippen LogP) is 5.25. The quantitative estimate of drug-likeness (QED) is 0.536. The maximum atomic E-state index is 4.90. The van der Waals surface area contributed by atoms with E-state index in [1.807, 2.05) is 18.2 Å². The number of aromatic nitrogens is 3. The van der Waals surface area contributed by atoms with Crippen LogP contribution in [0.2, 0.25) is 0 Å². The summed E-state index contributed by atoms with van der Waals surface area (Å²) in [6.07, 6.45) is 4.58. The van der Waals surface area contributed by atoms with E-state index in [9.17, 15) is 0 Å². The smallest absolute Gasteiger partial charge is 0.152 e. The van der Waals surface area contributed by atoms with E-state index in [2.05, 4.69) is 58.0 Å². The van der Waals surface area contributed by atoms with Crippen molar-refractivity contribution in [2.45, 2.75) is 25.7 Å². The summed E-state index contributed by atoms with van der Waals surface area (Å²) in [7, 11) is 0. The molecule has 26 heavy (non-hydrogen) atoms. The third-order valence-electron chi connectivity index (χ3n) is 5.09. The summed E-state index contributed by atoms with van der Waals surface area (Å²) in [5.74, 6) is 0.841. The third kappa shape index (κ3) is 2.64. The van der Waals surface area contributed by atoms with Crippen LogP contribution in [0, 0.1) is 0 Å². The van der Waals surface area contributed by atoms with Crippen LogP contribution in [0.5, 0.6) is 0 Å². The van der Waals surface area contributed by atoms with Gasteiger partial charge in [-0.2, -0.15) is 5.10 Å². The zero-order valence-electron chi connectivity index (χ0n) is 14.5. The molecule has 128 valence electrons.